The van der Waals surface area contributed by atoms with Gasteiger partial charge in [-0.05, 0) is 33.6 Å². The van der Waals surface area contributed by atoms with Crippen LogP contribution in [0.25, 0.3) is 0 Å². The molecule has 0 fully saturated rings. The van der Waals surface area contributed by atoms with E-state index in [1.54, 1.807) is 11.8 Å². The largest absolute Gasteiger partial charge is 0.502 e. The van der Waals surface area contributed by atoms with Crippen LogP contribution in [0.2, 0.25) is 6.04 Å². The summed E-state index contributed by atoms with van der Waals surface area (Å²) in [6, 6.07) is 0.602. The van der Waals surface area contributed by atoms with Crippen molar-refractivity contribution in [2.24, 2.45) is 0 Å². The van der Waals surface area contributed by atoms with Crippen molar-refractivity contribution < 1.29 is 18.1 Å². The van der Waals surface area contributed by atoms with E-state index in [-0.39, 0.29) is 6.03 Å². The Kier molecular flexibility index (Phi) is 15.0. The minimum absolute atomic E-state index is 0.123. The van der Waals surface area contributed by atoms with E-state index in [0.717, 1.165) is 18.3 Å². The van der Waals surface area contributed by atoms with Crippen molar-refractivity contribution in [2.45, 2.75) is 26.8 Å². The zero-order chi connectivity index (χ0) is 17.4. The van der Waals surface area contributed by atoms with Gasteiger partial charge in [0.15, 0.2) is 0 Å². The molecule has 0 rings (SSSR count). The lowest BCUT2D eigenvalue weighted by Gasteiger charge is -2.28. The Morgan fingerprint density at radius 2 is 1.48 bits per heavy atom. The average Bonchev–Trinajstić information content (AvgIpc) is 2.52. The van der Waals surface area contributed by atoms with Gasteiger partial charge in [0.2, 0.25) is 0 Å². The molecule has 0 aliphatic rings. The number of amides is 2. The summed E-state index contributed by atoms with van der Waals surface area (Å²) in [6.07, 6.45) is 2.01. The number of carbonyl (C=O) groups excluding carboxylic acids is 1. The first-order valence-electron chi connectivity index (χ1n) is 8.27. The third kappa shape index (κ3) is 11.8. The molecule has 3 N–H and O–H groups in total. The maximum absolute atomic E-state index is 11.5. The highest BCUT2D eigenvalue weighted by molar-refractivity contribution is 7.98. The molecule has 0 spiro atoms. The fraction of sp³-hybridized carbons (Fsp3) is 0.929. The van der Waals surface area contributed by atoms with Crippen molar-refractivity contribution in [3.05, 3.63) is 0 Å². The monoisotopic (exact) mass is 367 g/mol. The van der Waals surface area contributed by atoms with Crippen molar-refractivity contribution in [3.63, 3.8) is 0 Å². The first kappa shape index (κ1) is 22.7. The first-order chi connectivity index (χ1) is 11.1. The Labute approximate surface area is 146 Å². The molecule has 2 amide bonds. The summed E-state index contributed by atoms with van der Waals surface area (Å²) in [6.45, 7) is 10.3. The van der Waals surface area contributed by atoms with Crippen LogP contribution < -0.4 is 16.0 Å². The number of carbonyl (C=O) groups is 1. The smallest absolute Gasteiger partial charge is 0.374 e. The topological polar surface area (TPSA) is 80.9 Å². The Balaban J connectivity index is 3.86. The normalized spacial score (nSPS) is 11.5. The van der Waals surface area contributed by atoms with Crippen molar-refractivity contribution in [1.82, 2.24) is 16.0 Å². The van der Waals surface area contributed by atoms with Crippen LogP contribution in [0.4, 0.5) is 4.79 Å². The Morgan fingerprint density at radius 3 is 2.00 bits per heavy atom. The summed E-state index contributed by atoms with van der Waals surface area (Å²) < 4.78 is 17.3. The third-order valence-corrected chi connectivity index (χ3v) is 6.54. The van der Waals surface area contributed by atoms with Crippen LogP contribution in [0.5, 0.6) is 0 Å². The van der Waals surface area contributed by atoms with Gasteiger partial charge in [-0.2, -0.15) is 11.8 Å². The third-order valence-electron chi connectivity index (χ3n) is 2.88. The minimum Gasteiger partial charge on any atom is -0.374 e. The molecule has 0 radical (unpaired) electrons. The molecule has 0 atom stereocenters. The standard InChI is InChI=1S/C14H33N3O4SSi/c1-5-19-23(20-6-2,21-7-3)13-11-15-8-9-16-14(18)17-10-12-22-4/h15H,5-13H2,1-4H3,(H2,16,17,18). The van der Waals surface area contributed by atoms with Gasteiger partial charge in [-0.1, -0.05) is 0 Å². The highest BCUT2D eigenvalue weighted by Gasteiger charge is 2.39. The van der Waals surface area contributed by atoms with Gasteiger partial charge in [-0.25, -0.2) is 4.79 Å². The summed E-state index contributed by atoms with van der Waals surface area (Å²) in [5, 5.41) is 8.89. The number of hydrogen-bond donors (Lipinski definition) is 3. The van der Waals surface area contributed by atoms with Crippen LogP contribution in [-0.4, -0.2) is 72.8 Å². The number of hydrogen-bond acceptors (Lipinski definition) is 6. The van der Waals surface area contributed by atoms with Crippen molar-refractivity contribution >= 4 is 26.6 Å². The van der Waals surface area contributed by atoms with E-state index in [9.17, 15) is 4.79 Å². The fourth-order valence-electron chi connectivity index (χ4n) is 1.96. The van der Waals surface area contributed by atoms with Crippen LogP contribution in [0.3, 0.4) is 0 Å². The zero-order valence-electron chi connectivity index (χ0n) is 14.9. The molecule has 0 aromatic carbocycles. The van der Waals surface area contributed by atoms with Gasteiger partial charge in [-0.15, -0.1) is 0 Å². The number of nitrogens with one attached hydrogen (secondary N) is 3. The molecule has 0 heterocycles. The molecule has 9 heteroatoms. The predicted molar refractivity (Wildman–Crippen MR) is 98.1 cm³/mol. The second-order valence-electron chi connectivity index (χ2n) is 4.66. The van der Waals surface area contributed by atoms with Crippen LogP contribution in [0.15, 0.2) is 0 Å². The lowest BCUT2D eigenvalue weighted by molar-refractivity contribution is 0.0714. The SMILES string of the molecule is CCO[Si](CCNCCNC(=O)NCCSC)(OCC)OCC. The molecule has 0 aliphatic heterocycles. The van der Waals surface area contributed by atoms with Crippen LogP contribution >= 0.6 is 11.8 Å². The maximum atomic E-state index is 11.5. The molecule has 138 valence electrons. The summed E-state index contributed by atoms with van der Waals surface area (Å²) in [4.78, 5) is 11.5. The van der Waals surface area contributed by atoms with Gasteiger partial charge in [0, 0.05) is 51.3 Å². The van der Waals surface area contributed by atoms with Gasteiger partial charge in [0.25, 0.3) is 0 Å². The predicted octanol–water partition coefficient (Wildman–Crippen LogP) is 1.29. The summed E-state index contributed by atoms with van der Waals surface area (Å²) in [5.74, 6) is 0.921. The summed E-state index contributed by atoms with van der Waals surface area (Å²) >= 11 is 1.71. The molecule has 23 heavy (non-hydrogen) atoms. The van der Waals surface area contributed by atoms with E-state index in [1.807, 2.05) is 27.0 Å². The molecule has 0 aliphatic carbocycles. The Morgan fingerprint density at radius 1 is 0.913 bits per heavy atom. The van der Waals surface area contributed by atoms with E-state index in [1.165, 1.54) is 0 Å². The summed E-state index contributed by atoms with van der Waals surface area (Å²) in [5.41, 5.74) is 0. The van der Waals surface area contributed by atoms with Gasteiger partial charge in [0.1, 0.15) is 0 Å². The Bertz CT molecular complexity index is 284. The highest BCUT2D eigenvalue weighted by Crippen LogP contribution is 2.15. The van der Waals surface area contributed by atoms with Crippen LogP contribution in [0, 0.1) is 0 Å². The quantitative estimate of drug-likeness (QED) is 0.299. The first-order valence-corrected chi connectivity index (χ1v) is 11.6. The van der Waals surface area contributed by atoms with Crippen molar-refractivity contribution in [2.75, 3.05) is 58.0 Å². The van der Waals surface area contributed by atoms with Crippen molar-refractivity contribution in [3.8, 4) is 0 Å². The lowest BCUT2D eigenvalue weighted by atomic mass is 10.6. The van der Waals surface area contributed by atoms with Crippen LogP contribution in [-0.2, 0) is 13.3 Å². The second kappa shape index (κ2) is 15.2. The number of rotatable bonds is 15. The maximum Gasteiger partial charge on any atom is 0.502 e. The molecule has 7 nitrogen and oxygen atoms in total. The van der Waals surface area contributed by atoms with E-state index >= 15 is 0 Å². The summed E-state index contributed by atoms with van der Waals surface area (Å²) in [7, 11) is -2.56. The zero-order valence-corrected chi connectivity index (χ0v) is 16.7. The molecular formula is C14H33N3O4SSi. The minimum atomic E-state index is -2.56. The molecule has 0 aromatic heterocycles. The van der Waals surface area contributed by atoms with E-state index < -0.39 is 8.80 Å². The lowest BCUT2D eigenvalue weighted by Crippen LogP contribution is -2.48. The van der Waals surface area contributed by atoms with E-state index in [4.69, 9.17) is 13.3 Å². The van der Waals surface area contributed by atoms with Crippen LogP contribution in [0.1, 0.15) is 20.8 Å². The van der Waals surface area contributed by atoms with Crippen molar-refractivity contribution in [1.29, 1.82) is 0 Å². The van der Waals surface area contributed by atoms with E-state index in [2.05, 4.69) is 16.0 Å². The Hall–Kier alpha value is -0.323. The highest BCUT2D eigenvalue weighted by atomic mass is 32.2. The van der Waals surface area contributed by atoms with Gasteiger partial charge in [-0.3, -0.25) is 0 Å². The average molecular weight is 368 g/mol. The van der Waals surface area contributed by atoms with Gasteiger partial charge < -0.3 is 29.2 Å². The molecule has 0 bridgehead atoms. The van der Waals surface area contributed by atoms with Gasteiger partial charge in [0.05, 0.1) is 0 Å². The number of thioether (sulfide) groups is 1. The number of urea groups is 1. The fourth-order valence-corrected chi connectivity index (χ4v) is 4.75. The molecule has 0 saturated heterocycles. The molecule has 0 saturated carbocycles. The molecular weight excluding hydrogens is 334 g/mol. The molecule has 0 unspecified atom stereocenters. The molecule has 0 aromatic rings. The van der Waals surface area contributed by atoms with Gasteiger partial charge >= 0.3 is 14.8 Å². The second-order valence-corrected chi connectivity index (χ2v) is 8.38. The van der Waals surface area contributed by atoms with E-state index in [0.29, 0.717) is 39.5 Å².